The number of carbonyl (C=O) groups is 1. The standard InChI is InChI=1S/C13H18F2N2O/c1-4-17(3)13(18)9(2)16-8-10-5-6-11(14)7-12(10)15/h5-7,9,16H,4,8H2,1-3H3. The zero-order valence-electron chi connectivity index (χ0n) is 10.8. The second-order valence-electron chi connectivity index (χ2n) is 4.19. The Balaban J connectivity index is 2.57. The van der Waals surface area contributed by atoms with Crippen LogP contribution in [0.15, 0.2) is 18.2 Å². The van der Waals surface area contributed by atoms with Crippen molar-refractivity contribution < 1.29 is 13.6 Å². The Morgan fingerprint density at radius 2 is 2.11 bits per heavy atom. The van der Waals surface area contributed by atoms with Gasteiger partial charge in [-0.05, 0) is 19.9 Å². The first-order valence-corrected chi connectivity index (χ1v) is 5.88. The van der Waals surface area contributed by atoms with Gasteiger partial charge in [-0.1, -0.05) is 6.07 Å². The van der Waals surface area contributed by atoms with Gasteiger partial charge in [-0.15, -0.1) is 0 Å². The summed E-state index contributed by atoms with van der Waals surface area (Å²) in [5.74, 6) is -1.27. The molecule has 1 aromatic carbocycles. The third kappa shape index (κ3) is 3.77. The fraction of sp³-hybridized carbons (Fsp3) is 0.462. The van der Waals surface area contributed by atoms with Crippen molar-refractivity contribution in [1.29, 1.82) is 0 Å². The number of hydrogen-bond acceptors (Lipinski definition) is 2. The first-order valence-electron chi connectivity index (χ1n) is 5.88. The quantitative estimate of drug-likeness (QED) is 0.873. The van der Waals surface area contributed by atoms with E-state index < -0.39 is 17.7 Å². The maximum atomic E-state index is 13.4. The van der Waals surface area contributed by atoms with E-state index in [0.29, 0.717) is 12.1 Å². The Labute approximate surface area is 106 Å². The lowest BCUT2D eigenvalue weighted by molar-refractivity contribution is -0.131. The minimum absolute atomic E-state index is 0.0555. The summed E-state index contributed by atoms with van der Waals surface area (Å²) in [6.07, 6.45) is 0. The SMILES string of the molecule is CCN(C)C(=O)C(C)NCc1ccc(F)cc1F. The number of likely N-dealkylation sites (N-methyl/N-ethyl adjacent to an activating group) is 1. The molecule has 0 heterocycles. The topological polar surface area (TPSA) is 32.3 Å². The summed E-state index contributed by atoms with van der Waals surface area (Å²) >= 11 is 0. The number of nitrogens with one attached hydrogen (secondary N) is 1. The van der Waals surface area contributed by atoms with Crippen LogP contribution >= 0.6 is 0 Å². The van der Waals surface area contributed by atoms with Crippen LogP contribution in [0.5, 0.6) is 0 Å². The molecule has 1 rings (SSSR count). The molecular formula is C13H18F2N2O. The van der Waals surface area contributed by atoms with E-state index in [0.717, 1.165) is 6.07 Å². The average Bonchev–Trinajstić information content (AvgIpc) is 2.35. The van der Waals surface area contributed by atoms with Crippen molar-refractivity contribution >= 4 is 5.91 Å². The molecule has 0 saturated carbocycles. The Morgan fingerprint density at radius 3 is 2.67 bits per heavy atom. The number of halogens is 2. The summed E-state index contributed by atoms with van der Waals surface area (Å²) < 4.78 is 26.1. The molecule has 5 heteroatoms. The zero-order valence-corrected chi connectivity index (χ0v) is 10.8. The van der Waals surface area contributed by atoms with Gasteiger partial charge in [-0.25, -0.2) is 8.78 Å². The van der Waals surface area contributed by atoms with Crippen molar-refractivity contribution in [3.05, 3.63) is 35.4 Å². The van der Waals surface area contributed by atoms with Crippen molar-refractivity contribution in [2.24, 2.45) is 0 Å². The number of hydrogen-bond donors (Lipinski definition) is 1. The number of amides is 1. The zero-order chi connectivity index (χ0) is 13.7. The molecule has 0 aromatic heterocycles. The van der Waals surface area contributed by atoms with Crippen LogP contribution in [0.1, 0.15) is 19.4 Å². The highest BCUT2D eigenvalue weighted by Crippen LogP contribution is 2.09. The van der Waals surface area contributed by atoms with Gasteiger partial charge in [-0.2, -0.15) is 0 Å². The highest BCUT2D eigenvalue weighted by atomic mass is 19.1. The van der Waals surface area contributed by atoms with Crippen LogP contribution in [-0.4, -0.2) is 30.4 Å². The third-order valence-electron chi connectivity index (χ3n) is 2.83. The van der Waals surface area contributed by atoms with Crippen LogP contribution in [-0.2, 0) is 11.3 Å². The van der Waals surface area contributed by atoms with Gasteiger partial charge in [0.05, 0.1) is 6.04 Å². The molecule has 0 aliphatic heterocycles. The summed E-state index contributed by atoms with van der Waals surface area (Å²) in [6, 6.07) is 3.00. The predicted octanol–water partition coefficient (Wildman–Crippen LogP) is 1.92. The number of carbonyl (C=O) groups excluding carboxylic acids is 1. The van der Waals surface area contributed by atoms with Crippen molar-refractivity contribution in [2.45, 2.75) is 26.4 Å². The minimum Gasteiger partial charge on any atom is -0.345 e. The number of rotatable bonds is 5. The van der Waals surface area contributed by atoms with Crippen molar-refractivity contribution in [3.63, 3.8) is 0 Å². The van der Waals surface area contributed by atoms with Gasteiger partial charge in [0.2, 0.25) is 5.91 Å². The molecule has 0 saturated heterocycles. The van der Waals surface area contributed by atoms with Gasteiger partial charge >= 0.3 is 0 Å². The van der Waals surface area contributed by atoms with Gasteiger partial charge in [0, 0.05) is 31.8 Å². The summed E-state index contributed by atoms with van der Waals surface area (Å²) in [5, 5.41) is 2.92. The van der Waals surface area contributed by atoms with Gasteiger partial charge in [-0.3, -0.25) is 4.79 Å². The summed E-state index contributed by atoms with van der Waals surface area (Å²) in [6.45, 7) is 4.41. The van der Waals surface area contributed by atoms with E-state index >= 15 is 0 Å². The van der Waals surface area contributed by atoms with Crippen molar-refractivity contribution in [2.75, 3.05) is 13.6 Å². The van der Waals surface area contributed by atoms with Crippen LogP contribution in [0.2, 0.25) is 0 Å². The average molecular weight is 256 g/mol. The first kappa shape index (κ1) is 14.6. The van der Waals surface area contributed by atoms with Crippen LogP contribution in [0, 0.1) is 11.6 Å². The molecule has 1 amide bonds. The van der Waals surface area contributed by atoms with Gasteiger partial charge in [0.15, 0.2) is 0 Å². The van der Waals surface area contributed by atoms with E-state index in [9.17, 15) is 13.6 Å². The largest absolute Gasteiger partial charge is 0.345 e. The Kier molecular flexibility index (Phi) is 5.22. The lowest BCUT2D eigenvalue weighted by atomic mass is 10.2. The molecule has 0 aliphatic rings. The monoisotopic (exact) mass is 256 g/mol. The molecule has 3 nitrogen and oxygen atoms in total. The minimum atomic E-state index is -0.606. The van der Waals surface area contributed by atoms with E-state index in [-0.39, 0.29) is 12.5 Å². The molecule has 0 bridgehead atoms. The van der Waals surface area contributed by atoms with Crippen molar-refractivity contribution in [1.82, 2.24) is 10.2 Å². The molecule has 0 radical (unpaired) electrons. The van der Waals surface area contributed by atoms with E-state index in [1.807, 2.05) is 6.92 Å². The van der Waals surface area contributed by atoms with Gasteiger partial charge in [0.1, 0.15) is 11.6 Å². The molecule has 0 aliphatic carbocycles. The van der Waals surface area contributed by atoms with Crippen LogP contribution < -0.4 is 5.32 Å². The van der Waals surface area contributed by atoms with E-state index in [1.165, 1.54) is 12.1 Å². The summed E-state index contributed by atoms with van der Waals surface area (Å²) in [4.78, 5) is 13.3. The highest BCUT2D eigenvalue weighted by molar-refractivity contribution is 5.81. The van der Waals surface area contributed by atoms with Gasteiger partial charge < -0.3 is 10.2 Å². The summed E-state index contributed by atoms with van der Waals surface area (Å²) in [5.41, 5.74) is 0.343. The maximum Gasteiger partial charge on any atom is 0.239 e. The summed E-state index contributed by atoms with van der Waals surface area (Å²) in [7, 11) is 1.71. The molecule has 1 aromatic rings. The number of benzene rings is 1. The molecule has 1 atom stereocenters. The first-order chi connectivity index (χ1) is 8.45. The molecule has 18 heavy (non-hydrogen) atoms. The maximum absolute atomic E-state index is 13.4. The van der Waals surface area contributed by atoms with Gasteiger partial charge in [0.25, 0.3) is 0 Å². The molecular weight excluding hydrogens is 238 g/mol. The molecule has 1 N–H and O–H groups in total. The fourth-order valence-electron chi connectivity index (χ4n) is 1.50. The van der Waals surface area contributed by atoms with Crippen LogP contribution in [0.25, 0.3) is 0 Å². The molecule has 100 valence electrons. The van der Waals surface area contributed by atoms with Crippen molar-refractivity contribution in [3.8, 4) is 0 Å². The molecule has 1 unspecified atom stereocenters. The Hall–Kier alpha value is -1.49. The van der Waals surface area contributed by atoms with Crippen LogP contribution in [0.4, 0.5) is 8.78 Å². The van der Waals surface area contributed by atoms with E-state index in [1.54, 1.807) is 18.9 Å². The van der Waals surface area contributed by atoms with E-state index in [4.69, 9.17) is 0 Å². The molecule has 0 fully saturated rings. The third-order valence-corrected chi connectivity index (χ3v) is 2.83. The highest BCUT2D eigenvalue weighted by Gasteiger charge is 2.16. The molecule has 0 spiro atoms. The van der Waals surface area contributed by atoms with E-state index in [2.05, 4.69) is 5.32 Å². The second kappa shape index (κ2) is 6.44. The lowest BCUT2D eigenvalue weighted by Gasteiger charge is -2.20. The second-order valence-corrected chi connectivity index (χ2v) is 4.19. The fourth-order valence-corrected chi connectivity index (χ4v) is 1.50. The predicted molar refractivity (Wildman–Crippen MR) is 66.0 cm³/mol. The van der Waals surface area contributed by atoms with Crippen LogP contribution in [0.3, 0.4) is 0 Å². The number of nitrogens with zero attached hydrogens (tertiary/aromatic N) is 1. The smallest absolute Gasteiger partial charge is 0.239 e. The lowest BCUT2D eigenvalue weighted by Crippen LogP contribution is -2.42. The normalized spacial score (nSPS) is 12.3. The Morgan fingerprint density at radius 1 is 1.44 bits per heavy atom. The Bertz CT molecular complexity index is 423.